The summed E-state index contributed by atoms with van der Waals surface area (Å²) in [5.41, 5.74) is 2.39. The molecule has 0 saturated heterocycles. The van der Waals surface area contributed by atoms with Crippen LogP contribution in [0.1, 0.15) is 4.88 Å². The van der Waals surface area contributed by atoms with Crippen molar-refractivity contribution in [1.29, 1.82) is 0 Å². The number of ether oxygens (including phenoxy) is 1. The Morgan fingerprint density at radius 1 is 1.25 bits per heavy atom. The van der Waals surface area contributed by atoms with E-state index in [-0.39, 0.29) is 5.00 Å². The number of nitro groups is 1. The second-order valence-electron chi connectivity index (χ2n) is 4.29. The number of para-hydroxylation sites is 2. The largest absolute Gasteiger partial charge is 0.495 e. The molecule has 0 fully saturated rings. The van der Waals surface area contributed by atoms with Gasteiger partial charge in [-0.2, -0.15) is 5.10 Å². The highest BCUT2D eigenvalue weighted by molar-refractivity contribution is 7.16. The third-order valence-electron chi connectivity index (χ3n) is 2.71. The van der Waals surface area contributed by atoms with Crippen LogP contribution in [0.3, 0.4) is 0 Å². The summed E-state index contributed by atoms with van der Waals surface area (Å²) in [6.07, 6.45) is 1.21. The number of hydrogen-bond acceptors (Lipinski definition) is 7. The highest BCUT2D eigenvalue weighted by atomic mass is 32.1. The Hall–Kier alpha value is -3.27. The lowest BCUT2D eigenvalue weighted by Crippen LogP contribution is -2.32. The van der Waals surface area contributed by atoms with Gasteiger partial charge >= 0.3 is 16.8 Å². The third-order valence-corrected chi connectivity index (χ3v) is 3.68. The fourth-order valence-corrected chi connectivity index (χ4v) is 2.34. The van der Waals surface area contributed by atoms with Crippen molar-refractivity contribution in [2.24, 2.45) is 5.10 Å². The van der Waals surface area contributed by atoms with Crippen molar-refractivity contribution < 1.29 is 19.2 Å². The summed E-state index contributed by atoms with van der Waals surface area (Å²) in [7, 11) is 1.44. The molecule has 9 nitrogen and oxygen atoms in total. The lowest BCUT2D eigenvalue weighted by Gasteiger charge is -2.08. The van der Waals surface area contributed by atoms with Crippen molar-refractivity contribution >= 4 is 40.1 Å². The number of nitrogens with zero attached hydrogens (tertiary/aromatic N) is 2. The van der Waals surface area contributed by atoms with Crippen LogP contribution in [0.2, 0.25) is 0 Å². The van der Waals surface area contributed by atoms with E-state index in [9.17, 15) is 19.7 Å². The quantitative estimate of drug-likeness (QED) is 0.369. The second kappa shape index (κ2) is 7.83. The maximum Gasteiger partial charge on any atom is 0.329 e. The maximum absolute atomic E-state index is 11.8. The molecule has 0 aliphatic heterocycles. The Bertz CT molecular complexity index is 802. The molecule has 2 amide bonds. The standard InChI is InChI=1S/C14H12N4O5S/c1-23-11-5-3-2-4-10(11)16-13(19)14(20)17-15-8-9-6-7-12(24-9)18(21)22/h2-8H,1H3,(H,16,19)(H,17,20)/b15-8+. The van der Waals surface area contributed by atoms with Gasteiger partial charge in [-0.3, -0.25) is 19.7 Å². The van der Waals surface area contributed by atoms with Gasteiger partial charge in [-0.05, 0) is 18.2 Å². The van der Waals surface area contributed by atoms with Crippen molar-refractivity contribution in [3.63, 3.8) is 0 Å². The van der Waals surface area contributed by atoms with E-state index in [0.717, 1.165) is 11.3 Å². The van der Waals surface area contributed by atoms with E-state index in [1.807, 2.05) is 5.43 Å². The van der Waals surface area contributed by atoms with Gasteiger partial charge in [-0.25, -0.2) is 5.43 Å². The summed E-state index contributed by atoms with van der Waals surface area (Å²) in [5.74, 6) is -1.50. The molecule has 0 radical (unpaired) electrons. The van der Waals surface area contributed by atoms with Gasteiger partial charge in [0.2, 0.25) is 0 Å². The Morgan fingerprint density at radius 2 is 2.00 bits per heavy atom. The van der Waals surface area contributed by atoms with E-state index in [1.54, 1.807) is 24.3 Å². The first-order valence-electron chi connectivity index (χ1n) is 6.53. The van der Waals surface area contributed by atoms with Gasteiger partial charge in [0.1, 0.15) is 5.75 Å². The average molecular weight is 348 g/mol. The fourth-order valence-electron chi connectivity index (χ4n) is 1.64. The number of methoxy groups -OCH3 is 1. The van der Waals surface area contributed by atoms with Gasteiger partial charge in [-0.1, -0.05) is 23.5 Å². The molecule has 1 heterocycles. The van der Waals surface area contributed by atoms with Crippen LogP contribution in [0.15, 0.2) is 41.5 Å². The maximum atomic E-state index is 11.8. The predicted octanol–water partition coefficient (Wildman–Crippen LogP) is 1.75. The third kappa shape index (κ3) is 4.36. The van der Waals surface area contributed by atoms with E-state index >= 15 is 0 Å². The van der Waals surface area contributed by atoms with Crippen LogP contribution >= 0.6 is 11.3 Å². The van der Waals surface area contributed by atoms with Gasteiger partial charge in [0.15, 0.2) is 0 Å². The van der Waals surface area contributed by atoms with E-state index in [0.29, 0.717) is 16.3 Å². The van der Waals surface area contributed by atoms with E-state index in [4.69, 9.17) is 4.74 Å². The van der Waals surface area contributed by atoms with E-state index in [2.05, 4.69) is 10.4 Å². The van der Waals surface area contributed by atoms with Crippen LogP contribution in [-0.4, -0.2) is 30.1 Å². The molecule has 1 aromatic heterocycles. The van der Waals surface area contributed by atoms with Gasteiger partial charge in [0, 0.05) is 6.07 Å². The number of carbonyl (C=O) groups excluding carboxylic acids is 2. The molecule has 2 N–H and O–H groups in total. The zero-order valence-corrected chi connectivity index (χ0v) is 13.2. The minimum Gasteiger partial charge on any atom is -0.495 e. The number of hydrazone groups is 1. The number of rotatable bonds is 5. The van der Waals surface area contributed by atoms with Crippen molar-refractivity contribution in [2.75, 3.05) is 12.4 Å². The first-order valence-corrected chi connectivity index (χ1v) is 7.34. The summed E-state index contributed by atoms with van der Waals surface area (Å²) >= 11 is 0.892. The summed E-state index contributed by atoms with van der Waals surface area (Å²) in [4.78, 5) is 33.9. The SMILES string of the molecule is COc1ccccc1NC(=O)C(=O)N/N=C/c1ccc([N+](=O)[O-])s1. The lowest BCUT2D eigenvalue weighted by atomic mass is 10.3. The molecule has 2 rings (SSSR count). The molecule has 0 unspecified atom stereocenters. The number of thiophene rings is 1. The predicted molar refractivity (Wildman–Crippen MR) is 88.3 cm³/mol. The zero-order valence-electron chi connectivity index (χ0n) is 12.4. The molecule has 0 atom stereocenters. The molecule has 124 valence electrons. The Labute approximate surface area is 140 Å². The molecular formula is C14H12N4O5S. The monoisotopic (exact) mass is 348 g/mol. The number of nitrogens with one attached hydrogen (secondary N) is 2. The van der Waals surface area contributed by atoms with Gasteiger partial charge in [0.05, 0.1) is 28.8 Å². The number of amides is 2. The number of anilines is 1. The van der Waals surface area contributed by atoms with Crippen LogP contribution < -0.4 is 15.5 Å². The van der Waals surface area contributed by atoms with Crippen LogP contribution in [0.25, 0.3) is 0 Å². The molecule has 24 heavy (non-hydrogen) atoms. The van der Waals surface area contributed by atoms with Crippen LogP contribution in [0.4, 0.5) is 10.7 Å². The molecule has 0 spiro atoms. The van der Waals surface area contributed by atoms with Gasteiger partial charge in [0.25, 0.3) is 0 Å². The average Bonchev–Trinajstić information content (AvgIpc) is 3.04. The molecule has 0 bridgehead atoms. The Morgan fingerprint density at radius 3 is 2.67 bits per heavy atom. The molecule has 0 saturated carbocycles. The van der Waals surface area contributed by atoms with Crippen molar-refractivity contribution in [3.8, 4) is 5.75 Å². The van der Waals surface area contributed by atoms with Crippen LogP contribution in [-0.2, 0) is 9.59 Å². The number of carbonyl (C=O) groups is 2. The fraction of sp³-hybridized carbons (Fsp3) is 0.0714. The van der Waals surface area contributed by atoms with Crippen LogP contribution in [0.5, 0.6) is 5.75 Å². The number of hydrogen-bond donors (Lipinski definition) is 2. The number of benzene rings is 1. The topological polar surface area (TPSA) is 123 Å². The molecular weight excluding hydrogens is 336 g/mol. The summed E-state index contributed by atoms with van der Waals surface area (Å²) in [6, 6.07) is 9.42. The minimum atomic E-state index is -0.983. The van der Waals surface area contributed by atoms with Crippen molar-refractivity contribution in [1.82, 2.24) is 5.43 Å². The normalized spacial score (nSPS) is 10.4. The first-order chi connectivity index (χ1) is 11.5. The Kier molecular flexibility index (Phi) is 5.58. The van der Waals surface area contributed by atoms with E-state index in [1.165, 1.54) is 25.5 Å². The lowest BCUT2D eigenvalue weighted by molar-refractivity contribution is -0.380. The second-order valence-corrected chi connectivity index (χ2v) is 5.38. The van der Waals surface area contributed by atoms with Crippen molar-refractivity contribution in [2.45, 2.75) is 0 Å². The molecule has 0 aliphatic rings. The van der Waals surface area contributed by atoms with Gasteiger partial charge < -0.3 is 10.1 Å². The summed E-state index contributed by atoms with van der Waals surface area (Å²) in [6.45, 7) is 0. The van der Waals surface area contributed by atoms with Gasteiger partial charge in [-0.15, -0.1) is 0 Å². The van der Waals surface area contributed by atoms with E-state index < -0.39 is 16.7 Å². The molecule has 10 heteroatoms. The highest BCUT2D eigenvalue weighted by Gasteiger charge is 2.15. The summed E-state index contributed by atoms with van der Waals surface area (Å²) in [5, 5.41) is 16.5. The molecule has 1 aromatic carbocycles. The van der Waals surface area contributed by atoms with Crippen LogP contribution in [0, 0.1) is 10.1 Å². The van der Waals surface area contributed by atoms with Crippen molar-refractivity contribution in [3.05, 3.63) is 51.4 Å². The smallest absolute Gasteiger partial charge is 0.329 e. The zero-order chi connectivity index (χ0) is 17.5. The Balaban J connectivity index is 1.92. The summed E-state index contributed by atoms with van der Waals surface area (Å²) < 4.78 is 5.06. The molecule has 0 aliphatic carbocycles. The first kappa shape index (κ1) is 17.1. The molecule has 2 aromatic rings. The highest BCUT2D eigenvalue weighted by Crippen LogP contribution is 2.23. The minimum absolute atomic E-state index is 0.0447.